The normalized spacial score (nSPS) is 17.7. The van der Waals surface area contributed by atoms with E-state index in [0.717, 1.165) is 24.3 Å². The SMILES string of the molecule is CCCCN(c1ccc(OC)cc1)C1C(=O)N(c2ccc(OC)cc2)C1C(=O)OCC. The Labute approximate surface area is 183 Å². The molecule has 31 heavy (non-hydrogen) atoms. The van der Waals surface area contributed by atoms with E-state index in [-0.39, 0.29) is 12.5 Å². The second-order valence-corrected chi connectivity index (χ2v) is 7.29. The molecule has 1 aliphatic heterocycles. The maximum absolute atomic E-state index is 13.4. The van der Waals surface area contributed by atoms with E-state index in [9.17, 15) is 9.59 Å². The fourth-order valence-electron chi connectivity index (χ4n) is 3.80. The van der Waals surface area contributed by atoms with Gasteiger partial charge in [0.15, 0.2) is 6.04 Å². The highest BCUT2D eigenvalue weighted by molar-refractivity contribution is 6.14. The quantitative estimate of drug-likeness (QED) is 0.427. The van der Waals surface area contributed by atoms with Gasteiger partial charge in [-0.1, -0.05) is 13.3 Å². The van der Waals surface area contributed by atoms with Crippen LogP contribution in [0.25, 0.3) is 0 Å². The van der Waals surface area contributed by atoms with Crippen LogP contribution in [0.1, 0.15) is 26.7 Å². The number of benzene rings is 2. The summed E-state index contributed by atoms with van der Waals surface area (Å²) in [5.74, 6) is 0.887. The fourth-order valence-corrected chi connectivity index (χ4v) is 3.80. The van der Waals surface area contributed by atoms with Crippen molar-refractivity contribution in [2.75, 3.05) is 37.2 Å². The van der Waals surface area contributed by atoms with Crippen LogP contribution >= 0.6 is 0 Å². The van der Waals surface area contributed by atoms with Crippen molar-refractivity contribution in [2.45, 2.75) is 38.8 Å². The molecule has 0 aliphatic carbocycles. The summed E-state index contributed by atoms with van der Waals surface area (Å²) < 4.78 is 15.8. The van der Waals surface area contributed by atoms with Crippen molar-refractivity contribution in [3.63, 3.8) is 0 Å². The highest BCUT2D eigenvalue weighted by Crippen LogP contribution is 2.36. The van der Waals surface area contributed by atoms with E-state index < -0.39 is 18.1 Å². The van der Waals surface area contributed by atoms with Gasteiger partial charge in [-0.3, -0.25) is 9.69 Å². The lowest BCUT2D eigenvalue weighted by Gasteiger charge is -2.50. The molecule has 0 saturated carbocycles. The summed E-state index contributed by atoms with van der Waals surface area (Å²) in [6.45, 7) is 4.78. The lowest BCUT2D eigenvalue weighted by Crippen LogP contribution is -2.74. The molecule has 0 spiro atoms. The molecule has 0 radical (unpaired) electrons. The van der Waals surface area contributed by atoms with Gasteiger partial charge >= 0.3 is 5.97 Å². The zero-order valence-electron chi connectivity index (χ0n) is 18.5. The van der Waals surface area contributed by atoms with Gasteiger partial charge < -0.3 is 19.1 Å². The van der Waals surface area contributed by atoms with Crippen molar-refractivity contribution < 1.29 is 23.8 Å². The van der Waals surface area contributed by atoms with Crippen LogP contribution in [0.5, 0.6) is 11.5 Å². The van der Waals surface area contributed by atoms with E-state index in [1.807, 2.05) is 29.2 Å². The number of hydrogen-bond acceptors (Lipinski definition) is 6. The molecule has 7 nitrogen and oxygen atoms in total. The van der Waals surface area contributed by atoms with Crippen LogP contribution in [0.15, 0.2) is 48.5 Å². The van der Waals surface area contributed by atoms with Crippen LogP contribution in [0.3, 0.4) is 0 Å². The first-order valence-electron chi connectivity index (χ1n) is 10.6. The number of carbonyl (C=O) groups excluding carboxylic acids is 2. The van der Waals surface area contributed by atoms with Crippen LogP contribution in [-0.2, 0) is 14.3 Å². The van der Waals surface area contributed by atoms with Gasteiger partial charge in [-0.15, -0.1) is 0 Å². The predicted octanol–water partition coefficient (Wildman–Crippen LogP) is 3.66. The lowest BCUT2D eigenvalue weighted by molar-refractivity contribution is -0.151. The number of ether oxygens (including phenoxy) is 3. The highest BCUT2D eigenvalue weighted by atomic mass is 16.5. The van der Waals surface area contributed by atoms with E-state index in [1.165, 1.54) is 4.90 Å². The monoisotopic (exact) mass is 426 g/mol. The number of anilines is 2. The molecule has 1 heterocycles. The molecule has 1 amide bonds. The van der Waals surface area contributed by atoms with Crippen molar-refractivity contribution in [3.05, 3.63) is 48.5 Å². The Hall–Kier alpha value is -3.22. The summed E-state index contributed by atoms with van der Waals surface area (Å²) in [7, 11) is 3.20. The Balaban J connectivity index is 1.95. The zero-order chi connectivity index (χ0) is 22.4. The Morgan fingerprint density at radius 2 is 1.55 bits per heavy atom. The summed E-state index contributed by atoms with van der Waals surface area (Å²) in [5, 5.41) is 0. The zero-order valence-corrected chi connectivity index (χ0v) is 18.5. The first-order valence-corrected chi connectivity index (χ1v) is 10.6. The van der Waals surface area contributed by atoms with Crippen LogP contribution in [0.2, 0.25) is 0 Å². The van der Waals surface area contributed by atoms with Crippen molar-refractivity contribution in [2.24, 2.45) is 0 Å². The molecule has 1 saturated heterocycles. The van der Waals surface area contributed by atoms with E-state index in [0.29, 0.717) is 18.0 Å². The second-order valence-electron chi connectivity index (χ2n) is 7.29. The molecule has 3 rings (SSSR count). The van der Waals surface area contributed by atoms with E-state index in [1.54, 1.807) is 45.4 Å². The van der Waals surface area contributed by atoms with E-state index >= 15 is 0 Å². The van der Waals surface area contributed by atoms with Crippen molar-refractivity contribution in [1.29, 1.82) is 0 Å². The van der Waals surface area contributed by atoms with Crippen LogP contribution in [0.4, 0.5) is 11.4 Å². The Morgan fingerprint density at radius 3 is 2.06 bits per heavy atom. The third-order valence-corrected chi connectivity index (χ3v) is 5.44. The number of β-lactam (4-membered cyclic amide) rings is 1. The summed E-state index contributed by atoms with van der Waals surface area (Å²) in [6, 6.07) is 13.3. The molecule has 1 aliphatic rings. The average Bonchev–Trinajstić information content (AvgIpc) is 2.80. The van der Waals surface area contributed by atoms with Crippen molar-refractivity contribution >= 4 is 23.3 Å². The van der Waals surface area contributed by atoms with Gasteiger partial charge in [0.25, 0.3) is 5.91 Å². The van der Waals surface area contributed by atoms with E-state index in [4.69, 9.17) is 14.2 Å². The molecule has 1 fully saturated rings. The number of hydrogen-bond donors (Lipinski definition) is 0. The van der Waals surface area contributed by atoms with Crippen LogP contribution < -0.4 is 19.3 Å². The summed E-state index contributed by atoms with van der Waals surface area (Å²) in [4.78, 5) is 29.8. The minimum absolute atomic E-state index is 0.129. The standard InChI is InChI=1S/C24H30N2O5/c1-5-7-16-25(17-8-12-19(29-3)13-9-17)21-22(24(28)31-6-2)26(23(21)27)18-10-14-20(30-4)15-11-18/h8-15,21-22H,5-7,16H2,1-4H3. The maximum Gasteiger partial charge on any atom is 0.331 e. The lowest BCUT2D eigenvalue weighted by atomic mass is 9.91. The molecule has 2 aromatic rings. The Kier molecular flexibility index (Phi) is 7.39. The molecular weight excluding hydrogens is 396 g/mol. The molecule has 166 valence electrons. The molecule has 2 atom stereocenters. The van der Waals surface area contributed by atoms with Crippen LogP contribution in [-0.4, -0.2) is 51.3 Å². The Morgan fingerprint density at radius 1 is 0.968 bits per heavy atom. The number of carbonyl (C=O) groups is 2. The van der Waals surface area contributed by atoms with Gasteiger partial charge in [-0.2, -0.15) is 0 Å². The molecular formula is C24H30N2O5. The second kappa shape index (κ2) is 10.2. The fraction of sp³-hybridized carbons (Fsp3) is 0.417. The number of rotatable bonds is 10. The number of unbranched alkanes of at least 4 members (excludes halogenated alkanes) is 1. The minimum Gasteiger partial charge on any atom is -0.497 e. The third-order valence-electron chi connectivity index (χ3n) is 5.44. The highest BCUT2D eigenvalue weighted by Gasteiger charge is 2.56. The summed E-state index contributed by atoms with van der Waals surface area (Å²) in [6.07, 6.45) is 1.87. The number of nitrogens with zero attached hydrogens (tertiary/aromatic N) is 2. The summed E-state index contributed by atoms with van der Waals surface area (Å²) in [5.41, 5.74) is 1.52. The first kappa shape index (κ1) is 22.5. The van der Waals surface area contributed by atoms with Crippen molar-refractivity contribution in [1.82, 2.24) is 0 Å². The topological polar surface area (TPSA) is 68.3 Å². The molecule has 7 heteroatoms. The molecule has 2 unspecified atom stereocenters. The number of methoxy groups -OCH3 is 2. The number of esters is 1. The third kappa shape index (κ3) is 4.60. The molecule has 0 N–H and O–H groups in total. The summed E-state index contributed by atoms with van der Waals surface area (Å²) >= 11 is 0. The molecule has 2 aromatic carbocycles. The van der Waals surface area contributed by atoms with Crippen molar-refractivity contribution in [3.8, 4) is 11.5 Å². The number of amides is 1. The molecule has 0 bridgehead atoms. The predicted molar refractivity (Wildman–Crippen MR) is 120 cm³/mol. The van der Waals surface area contributed by atoms with Crippen LogP contribution in [0, 0.1) is 0 Å². The first-order chi connectivity index (χ1) is 15.0. The van der Waals surface area contributed by atoms with Gasteiger partial charge in [0.05, 0.1) is 20.8 Å². The van der Waals surface area contributed by atoms with Gasteiger partial charge in [-0.25, -0.2) is 4.79 Å². The maximum atomic E-state index is 13.4. The Bertz CT molecular complexity index is 882. The smallest absolute Gasteiger partial charge is 0.331 e. The van der Waals surface area contributed by atoms with Gasteiger partial charge in [-0.05, 0) is 61.9 Å². The van der Waals surface area contributed by atoms with Gasteiger partial charge in [0.2, 0.25) is 0 Å². The average molecular weight is 427 g/mol. The van der Waals surface area contributed by atoms with Gasteiger partial charge in [0, 0.05) is 17.9 Å². The van der Waals surface area contributed by atoms with Gasteiger partial charge in [0.1, 0.15) is 17.5 Å². The van der Waals surface area contributed by atoms with E-state index in [2.05, 4.69) is 6.92 Å². The molecule has 0 aromatic heterocycles. The minimum atomic E-state index is -0.722. The largest absolute Gasteiger partial charge is 0.497 e.